The Morgan fingerprint density at radius 1 is 1.40 bits per heavy atom. The fourth-order valence-electron chi connectivity index (χ4n) is 3.58. The normalized spacial score (nSPS) is 29.6. The molecule has 1 aliphatic heterocycles. The molecule has 2 fully saturated rings. The highest BCUT2D eigenvalue weighted by Crippen LogP contribution is 2.49. The van der Waals surface area contributed by atoms with Gasteiger partial charge in [0.25, 0.3) is 0 Å². The standard InChI is InChI=1S/C17H24O3/c1-12-3-6-15(19-2)14(9-12)10-17(11-18)7-8-20-16(17)13-4-5-13/h3,6,9,13,16,18H,4-5,7-8,10-11H2,1-2H3. The Labute approximate surface area is 120 Å². The van der Waals surface area contributed by atoms with Crippen molar-refractivity contribution in [3.63, 3.8) is 0 Å². The van der Waals surface area contributed by atoms with Crippen molar-refractivity contribution in [3.8, 4) is 5.75 Å². The van der Waals surface area contributed by atoms with Crippen molar-refractivity contribution >= 4 is 0 Å². The van der Waals surface area contributed by atoms with Crippen LogP contribution in [0.25, 0.3) is 0 Å². The molecule has 20 heavy (non-hydrogen) atoms. The van der Waals surface area contributed by atoms with E-state index in [1.165, 1.54) is 24.0 Å². The van der Waals surface area contributed by atoms with Gasteiger partial charge in [0.15, 0.2) is 0 Å². The number of aliphatic hydroxyl groups excluding tert-OH is 1. The molecular formula is C17H24O3. The molecule has 110 valence electrons. The molecule has 1 aliphatic carbocycles. The van der Waals surface area contributed by atoms with E-state index in [1.54, 1.807) is 7.11 Å². The van der Waals surface area contributed by atoms with Gasteiger partial charge >= 0.3 is 0 Å². The maximum Gasteiger partial charge on any atom is 0.122 e. The van der Waals surface area contributed by atoms with E-state index < -0.39 is 0 Å². The summed E-state index contributed by atoms with van der Waals surface area (Å²) in [5, 5.41) is 10.0. The van der Waals surface area contributed by atoms with E-state index in [0.29, 0.717) is 5.92 Å². The third kappa shape index (κ3) is 2.45. The topological polar surface area (TPSA) is 38.7 Å². The van der Waals surface area contributed by atoms with Crippen molar-refractivity contribution < 1.29 is 14.6 Å². The van der Waals surface area contributed by atoms with Crippen LogP contribution >= 0.6 is 0 Å². The Bertz CT molecular complexity index is 481. The molecule has 2 unspecified atom stereocenters. The van der Waals surface area contributed by atoms with Gasteiger partial charge < -0.3 is 14.6 Å². The van der Waals surface area contributed by atoms with Gasteiger partial charge in [0.2, 0.25) is 0 Å². The molecule has 2 atom stereocenters. The lowest BCUT2D eigenvalue weighted by molar-refractivity contribution is 0.000347. The number of ether oxygens (including phenoxy) is 2. The summed E-state index contributed by atoms with van der Waals surface area (Å²) < 4.78 is 11.4. The third-order valence-electron chi connectivity index (χ3n) is 4.84. The Kier molecular flexibility index (Phi) is 3.74. The molecule has 3 nitrogen and oxygen atoms in total. The average molecular weight is 276 g/mol. The van der Waals surface area contributed by atoms with Crippen molar-refractivity contribution in [2.24, 2.45) is 11.3 Å². The Morgan fingerprint density at radius 3 is 2.85 bits per heavy atom. The van der Waals surface area contributed by atoms with Crippen LogP contribution in [0.5, 0.6) is 5.75 Å². The van der Waals surface area contributed by atoms with E-state index in [9.17, 15) is 5.11 Å². The highest BCUT2D eigenvalue weighted by molar-refractivity contribution is 5.38. The molecule has 1 saturated heterocycles. The highest BCUT2D eigenvalue weighted by Gasteiger charge is 2.50. The molecule has 3 heteroatoms. The first-order valence-corrected chi connectivity index (χ1v) is 7.54. The van der Waals surface area contributed by atoms with Gasteiger partial charge in [-0.1, -0.05) is 17.7 Å². The van der Waals surface area contributed by atoms with E-state index in [1.807, 2.05) is 6.07 Å². The Morgan fingerprint density at radius 2 is 2.20 bits per heavy atom. The number of methoxy groups -OCH3 is 1. The Hall–Kier alpha value is -1.06. The number of rotatable bonds is 5. The zero-order valence-electron chi connectivity index (χ0n) is 12.4. The molecule has 1 heterocycles. The van der Waals surface area contributed by atoms with E-state index in [-0.39, 0.29) is 18.1 Å². The van der Waals surface area contributed by atoms with E-state index in [2.05, 4.69) is 19.1 Å². The SMILES string of the molecule is COc1ccc(C)cc1CC1(CO)CCOC1C1CC1. The predicted octanol–water partition coefficient (Wildman–Crippen LogP) is 2.72. The van der Waals surface area contributed by atoms with Crippen LogP contribution in [0.3, 0.4) is 0 Å². The summed E-state index contributed by atoms with van der Waals surface area (Å²) in [5.41, 5.74) is 2.30. The number of benzene rings is 1. The van der Waals surface area contributed by atoms with Crippen molar-refractivity contribution in [3.05, 3.63) is 29.3 Å². The predicted molar refractivity (Wildman–Crippen MR) is 78.0 cm³/mol. The van der Waals surface area contributed by atoms with Crippen LogP contribution in [0.2, 0.25) is 0 Å². The van der Waals surface area contributed by atoms with Gasteiger partial charge in [-0.3, -0.25) is 0 Å². The summed E-state index contributed by atoms with van der Waals surface area (Å²) in [7, 11) is 1.71. The van der Waals surface area contributed by atoms with Crippen LogP contribution in [0.1, 0.15) is 30.4 Å². The first-order chi connectivity index (χ1) is 9.68. The molecule has 0 spiro atoms. The second kappa shape index (κ2) is 5.38. The van der Waals surface area contributed by atoms with Crippen LogP contribution in [-0.4, -0.2) is 31.5 Å². The lowest BCUT2D eigenvalue weighted by Crippen LogP contribution is -2.38. The molecule has 0 radical (unpaired) electrons. The quantitative estimate of drug-likeness (QED) is 0.898. The number of hydrogen-bond donors (Lipinski definition) is 1. The van der Waals surface area contributed by atoms with Gasteiger partial charge in [-0.05, 0) is 50.2 Å². The second-order valence-corrected chi connectivity index (χ2v) is 6.39. The molecule has 1 aromatic carbocycles. The maximum atomic E-state index is 10.0. The second-order valence-electron chi connectivity index (χ2n) is 6.39. The van der Waals surface area contributed by atoms with E-state index >= 15 is 0 Å². The van der Waals surface area contributed by atoms with Crippen LogP contribution in [0.4, 0.5) is 0 Å². The third-order valence-corrected chi connectivity index (χ3v) is 4.84. The van der Waals surface area contributed by atoms with Crippen LogP contribution in [-0.2, 0) is 11.2 Å². The number of hydrogen-bond acceptors (Lipinski definition) is 3. The Balaban J connectivity index is 1.89. The van der Waals surface area contributed by atoms with Gasteiger partial charge in [-0.15, -0.1) is 0 Å². The summed E-state index contributed by atoms with van der Waals surface area (Å²) in [6, 6.07) is 6.27. The van der Waals surface area contributed by atoms with Gasteiger partial charge in [-0.2, -0.15) is 0 Å². The van der Waals surface area contributed by atoms with Crippen molar-refractivity contribution in [2.45, 2.75) is 38.7 Å². The van der Waals surface area contributed by atoms with Crippen molar-refractivity contribution in [2.75, 3.05) is 20.3 Å². The molecule has 1 N–H and O–H groups in total. The molecule has 0 bridgehead atoms. The monoisotopic (exact) mass is 276 g/mol. The molecule has 0 amide bonds. The van der Waals surface area contributed by atoms with Crippen LogP contribution in [0.15, 0.2) is 18.2 Å². The molecule has 1 aromatic rings. The summed E-state index contributed by atoms with van der Waals surface area (Å²) >= 11 is 0. The number of aryl methyl sites for hydroxylation is 1. The maximum absolute atomic E-state index is 10.0. The summed E-state index contributed by atoms with van der Waals surface area (Å²) in [5.74, 6) is 1.57. The minimum Gasteiger partial charge on any atom is -0.496 e. The minimum absolute atomic E-state index is 0.123. The average Bonchev–Trinajstić information content (AvgIpc) is 3.21. The van der Waals surface area contributed by atoms with Crippen LogP contribution < -0.4 is 4.74 Å². The lowest BCUT2D eigenvalue weighted by Gasteiger charge is -2.33. The van der Waals surface area contributed by atoms with Crippen molar-refractivity contribution in [1.82, 2.24) is 0 Å². The fraction of sp³-hybridized carbons (Fsp3) is 0.647. The fourth-order valence-corrected chi connectivity index (χ4v) is 3.58. The lowest BCUT2D eigenvalue weighted by atomic mass is 9.74. The van der Waals surface area contributed by atoms with Gasteiger partial charge in [0.05, 0.1) is 19.8 Å². The highest BCUT2D eigenvalue weighted by atomic mass is 16.5. The van der Waals surface area contributed by atoms with E-state index in [4.69, 9.17) is 9.47 Å². The summed E-state index contributed by atoms with van der Waals surface area (Å²) in [6.07, 6.45) is 4.50. The summed E-state index contributed by atoms with van der Waals surface area (Å²) in [6.45, 7) is 3.07. The molecular weight excluding hydrogens is 252 g/mol. The van der Waals surface area contributed by atoms with Gasteiger partial charge in [0, 0.05) is 12.0 Å². The largest absolute Gasteiger partial charge is 0.496 e. The molecule has 2 aliphatic rings. The van der Waals surface area contributed by atoms with Crippen LogP contribution in [0, 0.1) is 18.3 Å². The number of aliphatic hydroxyl groups is 1. The minimum atomic E-state index is -0.123. The molecule has 0 aromatic heterocycles. The first kappa shape index (κ1) is 13.9. The summed E-state index contributed by atoms with van der Waals surface area (Å²) in [4.78, 5) is 0. The smallest absolute Gasteiger partial charge is 0.122 e. The molecule has 3 rings (SSSR count). The zero-order valence-corrected chi connectivity index (χ0v) is 12.4. The van der Waals surface area contributed by atoms with Gasteiger partial charge in [0.1, 0.15) is 5.75 Å². The zero-order chi connectivity index (χ0) is 14.2. The molecule has 1 saturated carbocycles. The van der Waals surface area contributed by atoms with Gasteiger partial charge in [-0.25, -0.2) is 0 Å². The first-order valence-electron chi connectivity index (χ1n) is 7.54. The van der Waals surface area contributed by atoms with E-state index in [0.717, 1.165) is 25.2 Å². The van der Waals surface area contributed by atoms with Crippen molar-refractivity contribution in [1.29, 1.82) is 0 Å².